The number of carbonyl (C=O) groups is 1. The van der Waals surface area contributed by atoms with Crippen molar-refractivity contribution in [2.45, 2.75) is 62.3 Å². The minimum Gasteiger partial charge on any atom is -0.391 e. The lowest BCUT2D eigenvalue weighted by Crippen LogP contribution is -2.49. The van der Waals surface area contributed by atoms with Gasteiger partial charge < -0.3 is 10.0 Å². The number of thioether (sulfide) groups is 1. The molecule has 0 aromatic rings. The Morgan fingerprint density at radius 1 is 1.18 bits per heavy atom. The monoisotopic (exact) mass is 257 g/mol. The van der Waals surface area contributed by atoms with Gasteiger partial charge in [0, 0.05) is 7.05 Å². The van der Waals surface area contributed by atoms with Crippen molar-refractivity contribution in [2.75, 3.05) is 12.8 Å². The minimum absolute atomic E-state index is 0.0544. The van der Waals surface area contributed by atoms with E-state index in [9.17, 15) is 9.90 Å². The maximum atomic E-state index is 12.3. The molecule has 3 nitrogen and oxygen atoms in total. The van der Waals surface area contributed by atoms with E-state index in [1.165, 1.54) is 12.8 Å². The molecule has 98 valence electrons. The molecular formula is C13H23NO2S. The molecule has 0 spiro atoms. The summed E-state index contributed by atoms with van der Waals surface area (Å²) in [5.41, 5.74) is 0. The van der Waals surface area contributed by atoms with Gasteiger partial charge in [0.25, 0.3) is 0 Å². The van der Waals surface area contributed by atoms with E-state index in [-0.39, 0.29) is 23.3 Å². The van der Waals surface area contributed by atoms with Gasteiger partial charge in [-0.05, 0) is 31.4 Å². The molecule has 1 saturated heterocycles. The van der Waals surface area contributed by atoms with E-state index >= 15 is 0 Å². The summed E-state index contributed by atoms with van der Waals surface area (Å²) in [6, 6.07) is 0.0544. The van der Waals surface area contributed by atoms with Gasteiger partial charge >= 0.3 is 0 Å². The third kappa shape index (κ3) is 3.16. The zero-order valence-corrected chi connectivity index (χ0v) is 11.4. The summed E-state index contributed by atoms with van der Waals surface area (Å²) < 4.78 is 0. The molecule has 1 N–H and O–H groups in total. The van der Waals surface area contributed by atoms with Crippen molar-refractivity contribution >= 4 is 17.7 Å². The van der Waals surface area contributed by atoms with Crippen LogP contribution in [0.2, 0.25) is 0 Å². The summed E-state index contributed by atoms with van der Waals surface area (Å²) in [6.07, 6.45) is 7.15. The van der Waals surface area contributed by atoms with Crippen molar-refractivity contribution in [2.24, 2.45) is 0 Å². The Morgan fingerprint density at radius 2 is 1.88 bits per heavy atom. The third-order valence-corrected chi connectivity index (χ3v) is 5.36. The first-order valence-corrected chi connectivity index (χ1v) is 7.81. The van der Waals surface area contributed by atoms with Crippen molar-refractivity contribution in [1.29, 1.82) is 0 Å². The number of aliphatic hydroxyl groups is 1. The summed E-state index contributed by atoms with van der Waals surface area (Å²) >= 11 is 1.79. The molecule has 1 aliphatic carbocycles. The first kappa shape index (κ1) is 13.2. The topological polar surface area (TPSA) is 40.5 Å². The second-order valence-corrected chi connectivity index (χ2v) is 6.53. The molecule has 0 bridgehead atoms. The van der Waals surface area contributed by atoms with Gasteiger partial charge in [-0.1, -0.05) is 19.3 Å². The van der Waals surface area contributed by atoms with Gasteiger partial charge in [0.15, 0.2) is 0 Å². The largest absolute Gasteiger partial charge is 0.391 e. The number of aliphatic hydroxyl groups excluding tert-OH is 1. The van der Waals surface area contributed by atoms with Crippen LogP contribution in [-0.2, 0) is 4.79 Å². The number of likely N-dealkylation sites (N-methyl/N-ethyl adjacent to an activating group) is 1. The maximum absolute atomic E-state index is 12.3. The molecule has 2 aliphatic rings. The van der Waals surface area contributed by atoms with Crippen LogP contribution in [0, 0.1) is 0 Å². The van der Waals surface area contributed by atoms with E-state index in [0.717, 1.165) is 37.9 Å². The number of rotatable bonds is 2. The smallest absolute Gasteiger partial charge is 0.235 e. The average molecular weight is 257 g/mol. The first-order valence-electron chi connectivity index (χ1n) is 6.76. The average Bonchev–Trinajstić information content (AvgIpc) is 2.39. The molecule has 1 aliphatic heterocycles. The molecule has 3 unspecified atom stereocenters. The van der Waals surface area contributed by atoms with Crippen LogP contribution in [0.1, 0.15) is 44.9 Å². The van der Waals surface area contributed by atoms with Crippen molar-refractivity contribution in [1.82, 2.24) is 4.90 Å². The van der Waals surface area contributed by atoms with Crippen LogP contribution in [0.3, 0.4) is 0 Å². The molecule has 1 saturated carbocycles. The SMILES string of the molecule is CN(C(=O)C1CCCCS1)C1CCCCC1O. The normalized spacial score (nSPS) is 34.4. The summed E-state index contributed by atoms with van der Waals surface area (Å²) in [5, 5.41) is 10.1. The molecule has 2 fully saturated rings. The van der Waals surface area contributed by atoms with Crippen molar-refractivity contribution in [3.8, 4) is 0 Å². The van der Waals surface area contributed by atoms with Crippen LogP contribution in [0.15, 0.2) is 0 Å². The number of amides is 1. The highest BCUT2D eigenvalue weighted by atomic mass is 32.2. The summed E-state index contributed by atoms with van der Waals surface area (Å²) in [5.74, 6) is 1.35. The van der Waals surface area contributed by atoms with Crippen LogP contribution in [0.25, 0.3) is 0 Å². The Kier molecular flexibility index (Phi) is 4.74. The van der Waals surface area contributed by atoms with E-state index < -0.39 is 0 Å². The van der Waals surface area contributed by atoms with E-state index in [0.29, 0.717) is 0 Å². The zero-order valence-electron chi connectivity index (χ0n) is 10.6. The van der Waals surface area contributed by atoms with Crippen LogP contribution in [0.4, 0.5) is 0 Å². The second-order valence-electron chi connectivity index (χ2n) is 5.22. The zero-order chi connectivity index (χ0) is 12.3. The molecule has 3 atom stereocenters. The number of hydrogen-bond acceptors (Lipinski definition) is 3. The lowest BCUT2D eigenvalue weighted by atomic mass is 9.91. The molecule has 2 rings (SSSR count). The predicted molar refractivity (Wildman–Crippen MR) is 71.1 cm³/mol. The minimum atomic E-state index is -0.314. The quantitative estimate of drug-likeness (QED) is 0.823. The molecule has 0 aromatic heterocycles. The highest BCUT2D eigenvalue weighted by Gasteiger charge is 2.33. The summed E-state index contributed by atoms with van der Waals surface area (Å²) in [7, 11) is 1.87. The summed E-state index contributed by atoms with van der Waals surface area (Å²) in [4.78, 5) is 14.2. The highest BCUT2D eigenvalue weighted by Crippen LogP contribution is 2.29. The first-order chi connectivity index (χ1) is 8.20. The lowest BCUT2D eigenvalue weighted by Gasteiger charge is -2.37. The Hall–Kier alpha value is -0.220. The molecular weight excluding hydrogens is 234 g/mol. The van der Waals surface area contributed by atoms with Gasteiger partial charge in [-0.2, -0.15) is 0 Å². The maximum Gasteiger partial charge on any atom is 0.235 e. The van der Waals surface area contributed by atoms with Gasteiger partial charge in [0.05, 0.1) is 17.4 Å². The fourth-order valence-corrected chi connectivity index (χ4v) is 4.17. The molecule has 1 amide bonds. The van der Waals surface area contributed by atoms with Gasteiger partial charge in [-0.25, -0.2) is 0 Å². The Balaban J connectivity index is 1.92. The molecule has 0 radical (unpaired) electrons. The van der Waals surface area contributed by atoms with Crippen molar-refractivity contribution in [3.63, 3.8) is 0 Å². The van der Waals surface area contributed by atoms with E-state index in [1.54, 1.807) is 11.8 Å². The lowest BCUT2D eigenvalue weighted by molar-refractivity contribution is -0.135. The van der Waals surface area contributed by atoms with Crippen LogP contribution in [-0.4, -0.2) is 46.1 Å². The molecule has 0 aromatic carbocycles. The van der Waals surface area contributed by atoms with Gasteiger partial charge in [0.2, 0.25) is 5.91 Å². The molecule has 17 heavy (non-hydrogen) atoms. The van der Waals surface area contributed by atoms with Crippen LogP contribution >= 0.6 is 11.8 Å². The fraction of sp³-hybridized carbons (Fsp3) is 0.923. The Bertz CT molecular complexity index is 266. The highest BCUT2D eigenvalue weighted by molar-refractivity contribution is 8.00. The van der Waals surface area contributed by atoms with E-state index in [4.69, 9.17) is 0 Å². The fourth-order valence-electron chi connectivity index (χ4n) is 2.87. The van der Waals surface area contributed by atoms with E-state index in [2.05, 4.69) is 0 Å². The van der Waals surface area contributed by atoms with Gasteiger partial charge in [0.1, 0.15) is 0 Å². The number of hydrogen-bond donors (Lipinski definition) is 1. The van der Waals surface area contributed by atoms with Gasteiger partial charge in [-0.3, -0.25) is 4.79 Å². The van der Waals surface area contributed by atoms with E-state index in [1.807, 2.05) is 11.9 Å². The predicted octanol–water partition coefficient (Wildman–Crippen LogP) is 2.03. The molecule has 1 heterocycles. The Morgan fingerprint density at radius 3 is 2.53 bits per heavy atom. The number of nitrogens with zero attached hydrogens (tertiary/aromatic N) is 1. The third-order valence-electron chi connectivity index (χ3n) is 3.99. The standard InChI is InChI=1S/C13H23NO2S/c1-14(10-6-2-3-7-11(10)15)13(16)12-8-4-5-9-17-12/h10-12,15H,2-9H2,1H3. The summed E-state index contributed by atoms with van der Waals surface area (Å²) in [6.45, 7) is 0. The van der Waals surface area contributed by atoms with Crippen molar-refractivity contribution in [3.05, 3.63) is 0 Å². The van der Waals surface area contributed by atoms with Gasteiger partial charge in [-0.15, -0.1) is 11.8 Å². The van der Waals surface area contributed by atoms with Crippen LogP contribution < -0.4 is 0 Å². The van der Waals surface area contributed by atoms with Crippen LogP contribution in [0.5, 0.6) is 0 Å². The number of carbonyl (C=O) groups excluding carboxylic acids is 1. The second kappa shape index (κ2) is 6.10. The Labute approximate surface area is 108 Å². The van der Waals surface area contributed by atoms with Crippen molar-refractivity contribution < 1.29 is 9.90 Å². The molecule has 4 heteroatoms.